The molecular weight excluding hydrogens is 348 g/mol. The standard InChI is InChI=1S/C18H28N6O3/c1-6-22-7-9-23(10-8-22)11-14-19-16-15(24(14)12(2)13(3)25)17(26)21(5)18(27)20(16)4/h12H,6-11H2,1-5H3/p+2/t12-/m1/s1. The summed E-state index contributed by atoms with van der Waals surface area (Å²) in [5.41, 5.74) is -0.139. The van der Waals surface area contributed by atoms with Crippen LogP contribution in [-0.2, 0) is 25.4 Å². The molecule has 27 heavy (non-hydrogen) atoms. The van der Waals surface area contributed by atoms with E-state index < -0.39 is 17.3 Å². The highest BCUT2D eigenvalue weighted by Gasteiger charge is 2.28. The molecule has 9 heteroatoms. The van der Waals surface area contributed by atoms with E-state index in [1.807, 2.05) is 0 Å². The predicted octanol–water partition coefficient (Wildman–Crippen LogP) is -3.11. The Morgan fingerprint density at radius 3 is 2.26 bits per heavy atom. The van der Waals surface area contributed by atoms with Crippen molar-refractivity contribution in [3.63, 3.8) is 0 Å². The lowest BCUT2D eigenvalue weighted by Crippen LogP contribution is -3.27. The van der Waals surface area contributed by atoms with Crippen LogP contribution < -0.4 is 21.0 Å². The predicted molar refractivity (Wildman–Crippen MR) is 101 cm³/mol. The quantitative estimate of drug-likeness (QED) is 0.577. The van der Waals surface area contributed by atoms with Crippen LogP contribution in [0.25, 0.3) is 11.2 Å². The van der Waals surface area contributed by atoms with Gasteiger partial charge in [-0.3, -0.25) is 18.7 Å². The van der Waals surface area contributed by atoms with Crippen molar-refractivity contribution in [3.8, 4) is 0 Å². The number of nitrogens with one attached hydrogen (secondary N) is 2. The maximum absolute atomic E-state index is 12.8. The fourth-order valence-corrected chi connectivity index (χ4v) is 3.89. The van der Waals surface area contributed by atoms with Gasteiger partial charge in [-0.05, 0) is 20.8 Å². The number of aromatic nitrogens is 4. The molecule has 0 aromatic carbocycles. The molecule has 0 radical (unpaired) electrons. The fraction of sp³-hybridized carbons (Fsp3) is 0.667. The molecule has 2 N–H and O–H groups in total. The van der Waals surface area contributed by atoms with Crippen molar-refractivity contribution < 1.29 is 14.6 Å². The summed E-state index contributed by atoms with van der Waals surface area (Å²) in [6.45, 7) is 11.5. The van der Waals surface area contributed by atoms with Crippen molar-refractivity contribution in [2.75, 3.05) is 32.7 Å². The van der Waals surface area contributed by atoms with E-state index in [1.165, 1.54) is 23.4 Å². The monoisotopic (exact) mass is 378 g/mol. The number of imidazole rings is 1. The second-order valence-corrected chi connectivity index (χ2v) is 7.59. The molecule has 1 saturated heterocycles. The number of rotatable bonds is 5. The summed E-state index contributed by atoms with van der Waals surface area (Å²) >= 11 is 0. The molecule has 1 aliphatic heterocycles. The number of fused-ring (bicyclic) bond motifs is 1. The van der Waals surface area contributed by atoms with Crippen LogP contribution in [0.5, 0.6) is 0 Å². The third kappa shape index (κ3) is 3.37. The van der Waals surface area contributed by atoms with Gasteiger partial charge in [-0.1, -0.05) is 0 Å². The van der Waals surface area contributed by atoms with Gasteiger partial charge in [-0.25, -0.2) is 9.78 Å². The van der Waals surface area contributed by atoms with Crippen LogP contribution in [0.15, 0.2) is 9.59 Å². The molecule has 3 rings (SSSR count). The molecule has 1 fully saturated rings. The molecule has 0 spiro atoms. The highest BCUT2D eigenvalue weighted by molar-refractivity contribution is 5.82. The average Bonchev–Trinajstić information content (AvgIpc) is 3.03. The van der Waals surface area contributed by atoms with Gasteiger partial charge in [0, 0.05) is 14.1 Å². The minimum absolute atomic E-state index is 0.0401. The molecule has 1 atom stereocenters. The van der Waals surface area contributed by atoms with Crippen LogP contribution in [0, 0.1) is 0 Å². The zero-order valence-electron chi connectivity index (χ0n) is 16.8. The topological polar surface area (TPSA) is 87.8 Å². The minimum atomic E-state index is -0.503. The lowest BCUT2D eigenvalue weighted by molar-refractivity contribution is -1.02. The molecule has 0 saturated carbocycles. The van der Waals surface area contributed by atoms with Crippen LogP contribution in [0.3, 0.4) is 0 Å². The van der Waals surface area contributed by atoms with E-state index in [9.17, 15) is 14.4 Å². The maximum atomic E-state index is 12.8. The Morgan fingerprint density at radius 2 is 1.70 bits per heavy atom. The number of hydrogen-bond acceptors (Lipinski definition) is 4. The largest absolute Gasteiger partial charge is 0.332 e. The summed E-state index contributed by atoms with van der Waals surface area (Å²) in [6, 6.07) is -0.503. The Labute approximate surface area is 157 Å². The number of quaternary nitrogens is 2. The number of piperazine rings is 1. The van der Waals surface area contributed by atoms with E-state index in [-0.39, 0.29) is 5.78 Å². The lowest BCUT2D eigenvalue weighted by atomic mass is 10.2. The van der Waals surface area contributed by atoms with Crippen molar-refractivity contribution in [2.24, 2.45) is 14.1 Å². The van der Waals surface area contributed by atoms with Gasteiger partial charge in [0.2, 0.25) is 0 Å². The average molecular weight is 378 g/mol. The van der Waals surface area contributed by atoms with E-state index in [0.717, 1.165) is 37.3 Å². The van der Waals surface area contributed by atoms with E-state index in [1.54, 1.807) is 23.4 Å². The van der Waals surface area contributed by atoms with Gasteiger partial charge in [-0.15, -0.1) is 0 Å². The summed E-state index contributed by atoms with van der Waals surface area (Å²) in [4.78, 5) is 44.8. The number of carbonyl (C=O) groups excluding carboxylic acids is 1. The molecule has 0 amide bonds. The summed E-state index contributed by atoms with van der Waals surface area (Å²) in [5, 5.41) is 0. The first kappa shape index (κ1) is 19.5. The van der Waals surface area contributed by atoms with Crippen LogP contribution in [0.2, 0.25) is 0 Å². The second-order valence-electron chi connectivity index (χ2n) is 7.59. The SMILES string of the molecule is CC[NH+]1CC[NH+](Cc2nc3c(c(=O)n(C)c(=O)n3C)n2[C@H](C)C(C)=O)CC1. The van der Waals surface area contributed by atoms with Gasteiger partial charge in [0.1, 0.15) is 32.7 Å². The highest BCUT2D eigenvalue weighted by Crippen LogP contribution is 2.18. The third-order valence-electron chi connectivity index (χ3n) is 5.91. The first-order valence-corrected chi connectivity index (χ1v) is 9.60. The van der Waals surface area contributed by atoms with Gasteiger partial charge in [0.25, 0.3) is 5.56 Å². The van der Waals surface area contributed by atoms with Gasteiger partial charge in [-0.2, -0.15) is 0 Å². The second kappa shape index (κ2) is 7.40. The summed E-state index contributed by atoms with van der Waals surface area (Å²) in [5.74, 6) is 0.655. The van der Waals surface area contributed by atoms with Crippen LogP contribution in [-0.4, -0.2) is 57.2 Å². The Bertz CT molecular complexity index is 978. The first-order valence-electron chi connectivity index (χ1n) is 9.60. The Morgan fingerprint density at radius 1 is 1.11 bits per heavy atom. The zero-order chi connectivity index (χ0) is 19.9. The Balaban J connectivity index is 2.12. The van der Waals surface area contributed by atoms with Crippen molar-refractivity contribution in [1.29, 1.82) is 0 Å². The zero-order valence-corrected chi connectivity index (χ0v) is 16.8. The minimum Gasteiger partial charge on any atom is -0.326 e. The van der Waals surface area contributed by atoms with Crippen molar-refractivity contribution in [3.05, 3.63) is 26.7 Å². The number of aryl methyl sites for hydroxylation is 1. The van der Waals surface area contributed by atoms with Crippen molar-refractivity contribution >= 4 is 16.9 Å². The number of carbonyl (C=O) groups is 1. The molecule has 0 unspecified atom stereocenters. The molecular formula is C18H30N6O3+2. The van der Waals surface area contributed by atoms with Crippen LogP contribution in [0.4, 0.5) is 0 Å². The van der Waals surface area contributed by atoms with E-state index in [4.69, 9.17) is 0 Å². The van der Waals surface area contributed by atoms with Crippen molar-refractivity contribution in [2.45, 2.75) is 33.4 Å². The first-order chi connectivity index (χ1) is 12.8. The molecule has 3 heterocycles. The van der Waals surface area contributed by atoms with E-state index >= 15 is 0 Å². The molecule has 0 aliphatic carbocycles. The summed E-state index contributed by atoms with van der Waals surface area (Å²) in [7, 11) is 3.07. The van der Waals surface area contributed by atoms with Gasteiger partial charge in [0.15, 0.2) is 22.8 Å². The van der Waals surface area contributed by atoms with Crippen LogP contribution >= 0.6 is 0 Å². The number of Topliss-reactive ketones (excluding diaryl/α,β-unsaturated/α-hetero) is 1. The number of nitrogens with zero attached hydrogens (tertiary/aromatic N) is 4. The summed E-state index contributed by atoms with van der Waals surface area (Å²) in [6.07, 6.45) is 0. The smallest absolute Gasteiger partial charge is 0.326 e. The molecule has 2 aromatic rings. The molecule has 148 valence electrons. The molecule has 1 aliphatic rings. The van der Waals surface area contributed by atoms with Gasteiger partial charge in [0.05, 0.1) is 12.6 Å². The third-order valence-corrected chi connectivity index (χ3v) is 5.91. The number of likely N-dealkylation sites (N-methyl/N-ethyl adjacent to an activating group) is 1. The van der Waals surface area contributed by atoms with Crippen molar-refractivity contribution in [1.82, 2.24) is 18.7 Å². The molecule has 9 nitrogen and oxygen atoms in total. The van der Waals surface area contributed by atoms with Gasteiger partial charge >= 0.3 is 5.69 Å². The number of ketones is 1. The highest BCUT2D eigenvalue weighted by atomic mass is 16.2. The molecule has 2 aromatic heterocycles. The maximum Gasteiger partial charge on any atom is 0.332 e. The van der Waals surface area contributed by atoms with E-state index in [0.29, 0.717) is 23.5 Å². The number of hydrogen-bond donors (Lipinski definition) is 2. The normalized spacial score (nSPS) is 21.5. The lowest BCUT2D eigenvalue weighted by Gasteiger charge is -2.29. The van der Waals surface area contributed by atoms with Gasteiger partial charge < -0.3 is 14.4 Å². The Kier molecular flexibility index (Phi) is 5.34. The molecule has 0 bridgehead atoms. The van der Waals surface area contributed by atoms with Crippen LogP contribution in [0.1, 0.15) is 32.6 Å². The fourth-order valence-electron chi connectivity index (χ4n) is 3.89. The van der Waals surface area contributed by atoms with E-state index in [2.05, 4.69) is 11.9 Å². The summed E-state index contributed by atoms with van der Waals surface area (Å²) < 4.78 is 4.21. The Hall–Kier alpha value is -2.26.